The molecule has 4 aromatic carbocycles. The van der Waals surface area contributed by atoms with Crippen LogP contribution in [0.5, 0.6) is 17.2 Å². The number of carbonyl (C=O) groups is 2. The number of pyridine rings is 2. The molecule has 0 bridgehead atoms. The number of halogens is 3. The molecule has 0 fully saturated rings. The number of phenols is 1. The monoisotopic (exact) mass is 806 g/mol. The van der Waals surface area contributed by atoms with Crippen LogP contribution in [0.15, 0.2) is 130 Å². The minimum Gasteiger partial charge on any atom is -0.508 e. The van der Waals surface area contributed by atoms with Crippen LogP contribution >= 0.6 is 31.9 Å². The van der Waals surface area contributed by atoms with Crippen molar-refractivity contribution in [1.82, 2.24) is 9.97 Å². The van der Waals surface area contributed by atoms with Gasteiger partial charge in [0.25, 0.3) is 11.8 Å². The molecule has 0 spiro atoms. The fourth-order valence-electron chi connectivity index (χ4n) is 4.14. The van der Waals surface area contributed by atoms with E-state index in [0.29, 0.717) is 43.0 Å². The van der Waals surface area contributed by atoms with Crippen molar-refractivity contribution in [3.05, 3.63) is 159 Å². The number of nitrogens with zero attached hydrogens (tertiary/aromatic N) is 4. The van der Waals surface area contributed by atoms with E-state index < -0.39 is 11.8 Å². The number of aromatic hydroxyl groups is 1. The Bertz CT molecular complexity index is 2270. The lowest BCUT2D eigenvalue weighted by atomic mass is 10.1. The molecule has 5 N–H and O–H groups in total. The van der Waals surface area contributed by atoms with E-state index in [2.05, 4.69) is 47.9 Å². The van der Waals surface area contributed by atoms with Crippen LogP contribution in [-0.2, 0) is 0 Å². The minimum atomic E-state index is -0.563. The molecule has 2 heterocycles. The van der Waals surface area contributed by atoms with Gasteiger partial charge in [0, 0.05) is 11.1 Å². The molecule has 0 aliphatic rings. The number of carbonyl (C=O) groups excluding carboxylic acids is 2. The summed E-state index contributed by atoms with van der Waals surface area (Å²) in [6.45, 7) is 0. The van der Waals surface area contributed by atoms with Gasteiger partial charge in [-0.2, -0.15) is 10.5 Å². The summed E-state index contributed by atoms with van der Waals surface area (Å²) in [7, 11) is 0. The van der Waals surface area contributed by atoms with E-state index in [9.17, 15) is 14.0 Å². The topological polar surface area (TPSA) is 189 Å². The SMILES string of the molecule is N#Cc1ccc(F)c(Br)c1.N#Cc1ccc(Oc2ccc(-c3cccc(C(N)=O)n3)cc2)c(Br)c1.NC(=O)c1cccc(-c2ccc(O)cc2)n1. The van der Waals surface area contributed by atoms with Gasteiger partial charge in [0.1, 0.15) is 34.5 Å². The molecule has 0 saturated heterocycles. The highest BCUT2D eigenvalue weighted by molar-refractivity contribution is 9.10. The Hall–Kier alpha value is -6.41. The molecule has 2 aromatic heterocycles. The third-order valence-corrected chi connectivity index (χ3v) is 7.88. The standard InChI is InChI=1S/C19H12BrN3O2.C12H10N2O2.C7H3BrFN/c20-15-10-12(11-21)4-9-18(15)25-14-7-5-13(6-8-14)16-2-1-3-17(23-16)19(22)24;13-12(16)11-3-1-2-10(14-11)8-4-6-9(15)7-5-8;8-6-3-5(4-10)1-2-7(6)9/h1-10H,(H2,22,24);1-7,15H,(H2,13,16);1-3H. The van der Waals surface area contributed by atoms with Crippen LogP contribution < -0.4 is 16.2 Å². The Morgan fingerprint density at radius 2 is 1.14 bits per heavy atom. The van der Waals surface area contributed by atoms with Gasteiger partial charge in [-0.3, -0.25) is 9.59 Å². The third kappa shape index (κ3) is 10.8. The highest BCUT2D eigenvalue weighted by Gasteiger charge is 2.08. The van der Waals surface area contributed by atoms with E-state index in [0.717, 1.165) is 11.1 Å². The van der Waals surface area contributed by atoms with Crippen molar-refractivity contribution in [3.63, 3.8) is 0 Å². The molecule has 51 heavy (non-hydrogen) atoms. The summed E-state index contributed by atoms with van der Waals surface area (Å²) in [5.41, 5.74) is 14.8. The molecule has 252 valence electrons. The lowest BCUT2D eigenvalue weighted by Crippen LogP contribution is -2.12. The molecule has 0 unspecified atom stereocenters. The van der Waals surface area contributed by atoms with Gasteiger partial charge in [0.05, 0.1) is 43.6 Å². The Morgan fingerprint density at radius 3 is 1.59 bits per heavy atom. The number of benzene rings is 4. The summed E-state index contributed by atoms with van der Waals surface area (Å²) >= 11 is 6.35. The van der Waals surface area contributed by atoms with Crippen LogP contribution in [0.1, 0.15) is 32.1 Å². The van der Waals surface area contributed by atoms with Crippen molar-refractivity contribution >= 4 is 43.7 Å². The summed E-state index contributed by atoms with van der Waals surface area (Å²) in [5, 5.41) is 26.4. The molecule has 13 heteroatoms. The highest BCUT2D eigenvalue weighted by atomic mass is 79.9. The van der Waals surface area contributed by atoms with Gasteiger partial charge in [0.15, 0.2) is 0 Å². The van der Waals surface area contributed by atoms with Crippen LogP contribution in [0.3, 0.4) is 0 Å². The number of rotatable bonds is 6. The predicted molar refractivity (Wildman–Crippen MR) is 196 cm³/mol. The fourth-order valence-corrected chi connectivity index (χ4v) is 4.98. The number of aromatic nitrogens is 2. The van der Waals surface area contributed by atoms with Crippen molar-refractivity contribution in [3.8, 4) is 51.9 Å². The molecule has 6 rings (SSSR count). The zero-order chi connectivity index (χ0) is 36.9. The smallest absolute Gasteiger partial charge is 0.267 e. The van der Waals surface area contributed by atoms with Gasteiger partial charge in [0.2, 0.25) is 0 Å². The van der Waals surface area contributed by atoms with Crippen molar-refractivity contribution in [2.45, 2.75) is 0 Å². The van der Waals surface area contributed by atoms with Gasteiger partial charge in [-0.05, 0) is 141 Å². The van der Waals surface area contributed by atoms with Gasteiger partial charge >= 0.3 is 0 Å². The average molecular weight is 808 g/mol. The second kappa shape index (κ2) is 17.8. The van der Waals surface area contributed by atoms with E-state index in [4.69, 9.17) is 31.8 Å². The molecule has 0 atom stereocenters. The van der Waals surface area contributed by atoms with E-state index in [1.807, 2.05) is 18.2 Å². The Morgan fingerprint density at radius 1 is 0.667 bits per heavy atom. The normalized spacial score (nSPS) is 9.82. The van der Waals surface area contributed by atoms with Crippen molar-refractivity contribution < 1.29 is 23.8 Å². The van der Waals surface area contributed by atoms with Crippen molar-refractivity contribution in [2.24, 2.45) is 11.5 Å². The second-order valence-electron chi connectivity index (χ2n) is 10.2. The van der Waals surface area contributed by atoms with Crippen LogP contribution in [0, 0.1) is 28.5 Å². The van der Waals surface area contributed by atoms with E-state index >= 15 is 0 Å². The molecule has 0 saturated carbocycles. The number of hydrogen-bond acceptors (Lipinski definition) is 8. The first-order valence-corrected chi connectivity index (χ1v) is 16.2. The number of hydrogen-bond donors (Lipinski definition) is 3. The van der Waals surface area contributed by atoms with E-state index in [-0.39, 0.29) is 23.0 Å². The number of ether oxygens (including phenoxy) is 1. The van der Waals surface area contributed by atoms with Gasteiger partial charge in [-0.1, -0.05) is 12.1 Å². The zero-order valence-corrected chi connectivity index (χ0v) is 29.5. The molecular formula is C38H25Br2FN6O4. The first-order valence-electron chi connectivity index (χ1n) is 14.6. The van der Waals surface area contributed by atoms with Crippen LogP contribution in [-0.4, -0.2) is 26.9 Å². The largest absolute Gasteiger partial charge is 0.508 e. The molecule has 0 aliphatic carbocycles. The third-order valence-electron chi connectivity index (χ3n) is 6.65. The number of phenolic OH excluding ortho intramolecular Hbond substituents is 1. The number of primary amides is 2. The Balaban J connectivity index is 0.000000191. The quantitative estimate of drug-likeness (QED) is 0.150. The lowest BCUT2D eigenvalue weighted by molar-refractivity contribution is 0.0987. The Kier molecular flexibility index (Phi) is 13.1. The lowest BCUT2D eigenvalue weighted by Gasteiger charge is -2.09. The van der Waals surface area contributed by atoms with Gasteiger partial charge in [-0.15, -0.1) is 0 Å². The summed E-state index contributed by atoms with van der Waals surface area (Å²) in [6, 6.07) is 37.3. The maximum atomic E-state index is 12.5. The van der Waals surface area contributed by atoms with Crippen LogP contribution in [0.4, 0.5) is 4.39 Å². The maximum absolute atomic E-state index is 12.5. The van der Waals surface area contributed by atoms with Gasteiger partial charge in [-0.25, -0.2) is 14.4 Å². The van der Waals surface area contributed by atoms with E-state index in [1.54, 1.807) is 91.0 Å². The Labute approximate surface area is 308 Å². The molecular weight excluding hydrogens is 783 g/mol. The average Bonchev–Trinajstić information content (AvgIpc) is 3.15. The molecule has 0 aliphatic heterocycles. The summed E-state index contributed by atoms with van der Waals surface area (Å²) in [6.07, 6.45) is 0. The van der Waals surface area contributed by atoms with Crippen LogP contribution in [0.25, 0.3) is 22.5 Å². The maximum Gasteiger partial charge on any atom is 0.267 e. The second-order valence-corrected chi connectivity index (χ2v) is 11.9. The number of nitrogens with two attached hydrogens (primary N) is 2. The molecule has 2 amide bonds. The van der Waals surface area contributed by atoms with Crippen molar-refractivity contribution in [1.29, 1.82) is 10.5 Å². The summed E-state index contributed by atoms with van der Waals surface area (Å²) in [4.78, 5) is 30.5. The first kappa shape index (κ1) is 37.4. The molecule has 0 radical (unpaired) electrons. The summed E-state index contributed by atoms with van der Waals surface area (Å²) in [5.74, 6) is -0.0253. The molecule has 6 aromatic rings. The molecule has 10 nitrogen and oxygen atoms in total. The van der Waals surface area contributed by atoms with Crippen molar-refractivity contribution in [2.75, 3.05) is 0 Å². The fraction of sp³-hybridized carbons (Fsp3) is 0. The zero-order valence-electron chi connectivity index (χ0n) is 26.3. The highest BCUT2D eigenvalue weighted by Crippen LogP contribution is 2.31. The summed E-state index contributed by atoms with van der Waals surface area (Å²) < 4.78 is 19.3. The van der Waals surface area contributed by atoms with Gasteiger partial charge < -0.3 is 21.3 Å². The van der Waals surface area contributed by atoms with Crippen LogP contribution in [0.2, 0.25) is 0 Å². The first-order chi connectivity index (χ1) is 24.5. The minimum absolute atomic E-state index is 0.190. The van der Waals surface area contributed by atoms with E-state index in [1.165, 1.54) is 18.2 Å². The number of nitriles is 2. The number of amides is 2. The predicted octanol–water partition coefficient (Wildman–Crippen LogP) is 8.29.